The molecule has 6 atom stereocenters. The summed E-state index contributed by atoms with van der Waals surface area (Å²) in [4.78, 5) is 72.9. The molecule has 0 spiro atoms. The lowest BCUT2D eigenvalue weighted by Gasteiger charge is -2.21. The summed E-state index contributed by atoms with van der Waals surface area (Å²) in [5.41, 5.74) is 0. The third-order valence-electron chi connectivity index (χ3n) is 19.3. The lowest BCUT2D eigenvalue weighted by Crippen LogP contribution is -2.30. The first-order valence-electron chi connectivity index (χ1n) is 42.0. The molecule has 17 nitrogen and oxygen atoms in total. The van der Waals surface area contributed by atoms with Gasteiger partial charge in [-0.15, -0.1) is 0 Å². The van der Waals surface area contributed by atoms with Crippen molar-refractivity contribution in [2.75, 3.05) is 39.6 Å². The molecular weight excluding hydrogens is 1310 g/mol. The smallest absolute Gasteiger partial charge is 0.462 e. The van der Waals surface area contributed by atoms with Gasteiger partial charge in [-0.05, 0) is 37.5 Å². The molecule has 0 saturated carbocycles. The van der Waals surface area contributed by atoms with E-state index in [9.17, 15) is 43.2 Å². The maximum Gasteiger partial charge on any atom is 0.472 e. The second kappa shape index (κ2) is 72.6. The number of ether oxygens (including phenoxy) is 4. The monoisotopic (exact) mass is 1470 g/mol. The van der Waals surface area contributed by atoms with Crippen LogP contribution in [0, 0.1) is 11.8 Å². The molecular formula is C81H158O17P2. The Labute approximate surface area is 613 Å². The van der Waals surface area contributed by atoms with Crippen molar-refractivity contribution in [3.8, 4) is 0 Å². The minimum Gasteiger partial charge on any atom is -0.462 e. The lowest BCUT2D eigenvalue weighted by molar-refractivity contribution is -0.161. The Morgan fingerprint density at radius 1 is 0.290 bits per heavy atom. The molecule has 594 valence electrons. The summed E-state index contributed by atoms with van der Waals surface area (Å²) in [6, 6.07) is 0. The van der Waals surface area contributed by atoms with Crippen molar-refractivity contribution in [1.82, 2.24) is 0 Å². The molecule has 0 aliphatic heterocycles. The van der Waals surface area contributed by atoms with Gasteiger partial charge in [0.1, 0.15) is 19.3 Å². The fourth-order valence-corrected chi connectivity index (χ4v) is 14.1. The van der Waals surface area contributed by atoms with Gasteiger partial charge in [0.2, 0.25) is 0 Å². The Hall–Kier alpha value is -1.94. The zero-order chi connectivity index (χ0) is 73.5. The van der Waals surface area contributed by atoms with Crippen LogP contribution in [0.15, 0.2) is 0 Å². The quantitative estimate of drug-likeness (QED) is 0.0222. The topological polar surface area (TPSA) is 237 Å². The fourth-order valence-electron chi connectivity index (χ4n) is 12.5. The highest BCUT2D eigenvalue weighted by atomic mass is 31.2. The van der Waals surface area contributed by atoms with E-state index >= 15 is 0 Å². The van der Waals surface area contributed by atoms with Crippen LogP contribution >= 0.6 is 15.6 Å². The molecule has 0 saturated heterocycles. The predicted molar refractivity (Wildman–Crippen MR) is 409 cm³/mol. The van der Waals surface area contributed by atoms with Gasteiger partial charge in [0.25, 0.3) is 0 Å². The van der Waals surface area contributed by atoms with E-state index in [0.717, 1.165) is 102 Å². The highest BCUT2D eigenvalue weighted by Gasteiger charge is 2.30. The molecule has 0 aliphatic carbocycles. The standard InChI is InChI=1S/C81H158O17P2/c1-7-10-12-14-16-18-20-21-22-23-24-25-26-27-32-35-38-42-46-53-59-65-80(85)97-76(69-91-79(84)64-58-52-45-41-37-34-31-29-28-30-33-36-39-43-49-55-61-73(4)5)71-95-99(87,88)93-67-75(82)68-94-100(89,90)96-72-77(98-81(86)66-60-54-48-47-50-56-62-74(6)9-3)70-92-78(83)63-57-51-44-40-19-17-15-13-11-8-2/h73-77,82H,7-72H2,1-6H3,(H,87,88)(H,89,90)/t74?,75-,76-,77-/m1/s1. The number of rotatable bonds is 80. The van der Waals surface area contributed by atoms with Crippen LogP contribution in [0.2, 0.25) is 0 Å². The number of phosphoric ester groups is 2. The molecule has 0 radical (unpaired) electrons. The van der Waals surface area contributed by atoms with E-state index in [-0.39, 0.29) is 25.7 Å². The Morgan fingerprint density at radius 3 is 0.760 bits per heavy atom. The van der Waals surface area contributed by atoms with Crippen LogP contribution in [0.25, 0.3) is 0 Å². The Bertz CT molecular complexity index is 1930. The summed E-state index contributed by atoms with van der Waals surface area (Å²) < 4.78 is 68.6. The second-order valence-electron chi connectivity index (χ2n) is 29.9. The zero-order valence-electron chi connectivity index (χ0n) is 65.5. The number of aliphatic hydroxyl groups is 1. The highest BCUT2D eigenvalue weighted by molar-refractivity contribution is 7.47. The van der Waals surface area contributed by atoms with Crippen molar-refractivity contribution in [3.05, 3.63) is 0 Å². The minimum absolute atomic E-state index is 0.103. The fraction of sp³-hybridized carbons (Fsp3) is 0.951. The molecule has 0 bridgehead atoms. The van der Waals surface area contributed by atoms with Crippen LogP contribution < -0.4 is 0 Å². The summed E-state index contributed by atoms with van der Waals surface area (Å²) in [7, 11) is -9.92. The summed E-state index contributed by atoms with van der Waals surface area (Å²) in [6.45, 7) is 9.60. The van der Waals surface area contributed by atoms with Crippen LogP contribution in [0.1, 0.15) is 427 Å². The van der Waals surface area contributed by atoms with E-state index in [4.69, 9.17) is 37.0 Å². The number of hydrogen-bond acceptors (Lipinski definition) is 15. The van der Waals surface area contributed by atoms with Gasteiger partial charge in [0, 0.05) is 25.7 Å². The van der Waals surface area contributed by atoms with Gasteiger partial charge in [-0.1, -0.05) is 375 Å². The largest absolute Gasteiger partial charge is 0.472 e. The number of esters is 4. The Kier molecular flexibility index (Phi) is 71.2. The molecule has 0 aromatic heterocycles. The van der Waals surface area contributed by atoms with Gasteiger partial charge in [0.15, 0.2) is 12.2 Å². The van der Waals surface area contributed by atoms with E-state index in [1.165, 1.54) is 244 Å². The molecule has 0 fully saturated rings. The van der Waals surface area contributed by atoms with Gasteiger partial charge < -0.3 is 33.8 Å². The van der Waals surface area contributed by atoms with E-state index < -0.39 is 97.5 Å². The molecule has 19 heteroatoms. The Morgan fingerprint density at radius 2 is 0.510 bits per heavy atom. The number of phosphoric acid groups is 2. The molecule has 0 rings (SSSR count). The molecule has 3 N–H and O–H groups in total. The van der Waals surface area contributed by atoms with Crippen LogP contribution in [-0.4, -0.2) is 96.7 Å². The minimum atomic E-state index is -4.96. The lowest BCUT2D eigenvalue weighted by atomic mass is 10.00. The van der Waals surface area contributed by atoms with Crippen molar-refractivity contribution in [3.63, 3.8) is 0 Å². The van der Waals surface area contributed by atoms with E-state index in [1.54, 1.807) is 0 Å². The van der Waals surface area contributed by atoms with Crippen LogP contribution in [0.4, 0.5) is 0 Å². The van der Waals surface area contributed by atoms with Crippen molar-refractivity contribution < 1.29 is 80.2 Å². The van der Waals surface area contributed by atoms with Gasteiger partial charge >= 0.3 is 39.5 Å². The highest BCUT2D eigenvalue weighted by Crippen LogP contribution is 2.45. The van der Waals surface area contributed by atoms with E-state index in [2.05, 4.69) is 41.5 Å². The van der Waals surface area contributed by atoms with Crippen molar-refractivity contribution in [1.29, 1.82) is 0 Å². The summed E-state index contributed by atoms with van der Waals surface area (Å²) in [5, 5.41) is 10.6. The summed E-state index contributed by atoms with van der Waals surface area (Å²) >= 11 is 0. The van der Waals surface area contributed by atoms with Crippen LogP contribution in [-0.2, 0) is 65.4 Å². The normalized spacial score (nSPS) is 14.2. The number of aliphatic hydroxyl groups excluding tert-OH is 1. The number of carbonyl (C=O) groups excluding carboxylic acids is 4. The Balaban J connectivity index is 5.19. The van der Waals surface area contributed by atoms with Crippen LogP contribution in [0.5, 0.6) is 0 Å². The zero-order valence-corrected chi connectivity index (χ0v) is 67.3. The average molecular weight is 1470 g/mol. The van der Waals surface area contributed by atoms with Crippen molar-refractivity contribution in [2.45, 2.75) is 445 Å². The maximum atomic E-state index is 13.1. The first kappa shape index (κ1) is 98.1. The second-order valence-corrected chi connectivity index (χ2v) is 32.8. The van der Waals surface area contributed by atoms with Crippen LogP contribution in [0.3, 0.4) is 0 Å². The molecule has 100 heavy (non-hydrogen) atoms. The first-order chi connectivity index (χ1) is 48.4. The third kappa shape index (κ3) is 73.0. The third-order valence-corrected chi connectivity index (χ3v) is 21.2. The molecule has 0 aromatic rings. The summed E-state index contributed by atoms with van der Waals surface area (Å²) in [6.07, 6.45) is 62.7. The molecule has 0 aromatic carbocycles. The number of unbranched alkanes of at least 4 members (excludes halogenated alkanes) is 49. The van der Waals surface area contributed by atoms with Gasteiger partial charge in [-0.2, -0.15) is 0 Å². The summed E-state index contributed by atoms with van der Waals surface area (Å²) in [5.74, 6) is -0.580. The number of carbonyl (C=O) groups is 4. The van der Waals surface area contributed by atoms with E-state index in [1.807, 2.05) is 0 Å². The number of hydrogen-bond donors (Lipinski definition) is 3. The molecule has 0 amide bonds. The average Bonchev–Trinajstić information content (AvgIpc) is 0.956. The predicted octanol–water partition coefficient (Wildman–Crippen LogP) is 24.3. The first-order valence-corrected chi connectivity index (χ1v) is 45.0. The van der Waals surface area contributed by atoms with Crippen molar-refractivity contribution >= 4 is 39.5 Å². The van der Waals surface area contributed by atoms with E-state index in [0.29, 0.717) is 25.7 Å². The van der Waals surface area contributed by atoms with Crippen molar-refractivity contribution in [2.24, 2.45) is 11.8 Å². The maximum absolute atomic E-state index is 13.1. The SMILES string of the molecule is CCCCCCCCCCCCCCCCCCCCCCCC(=O)O[C@H](COC(=O)CCCCCCCCCCCCCCCCCCC(C)C)COP(=O)(O)OC[C@@H](O)COP(=O)(O)OC[C@@H](COC(=O)CCCCCCCCCCCC)OC(=O)CCCCCCCCC(C)CC. The van der Waals surface area contributed by atoms with Gasteiger partial charge in [-0.25, -0.2) is 9.13 Å². The van der Waals surface area contributed by atoms with Gasteiger partial charge in [-0.3, -0.25) is 37.3 Å². The molecule has 0 aliphatic rings. The molecule has 3 unspecified atom stereocenters. The van der Waals surface area contributed by atoms with Gasteiger partial charge in [0.05, 0.1) is 26.4 Å². The molecule has 0 heterocycles.